The molecule has 1 fully saturated rings. The van der Waals surface area contributed by atoms with Crippen LogP contribution in [0, 0.1) is 0 Å². The van der Waals surface area contributed by atoms with Crippen molar-refractivity contribution in [1.82, 2.24) is 9.88 Å². The molecule has 1 aliphatic rings. The van der Waals surface area contributed by atoms with Crippen molar-refractivity contribution in [1.29, 1.82) is 0 Å². The third-order valence-electron chi connectivity index (χ3n) is 4.27. The number of nitrogens with two attached hydrogens (primary N) is 1. The lowest BCUT2D eigenvalue weighted by Gasteiger charge is -2.32. The van der Waals surface area contributed by atoms with Crippen molar-refractivity contribution in [2.75, 3.05) is 25.4 Å². The number of aryl methyl sites for hydroxylation is 1. The Hall–Kier alpha value is -2.66. The molecule has 0 aliphatic carbocycles. The number of hydrogen-bond acceptors (Lipinski definition) is 4. The van der Waals surface area contributed by atoms with E-state index >= 15 is 0 Å². The van der Waals surface area contributed by atoms with Gasteiger partial charge in [0.15, 0.2) is 0 Å². The number of aromatic nitrogens is 1. The summed E-state index contributed by atoms with van der Waals surface area (Å²) in [5.41, 5.74) is 7.87. The van der Waals surface area contributed by atoms with Crippen LogP contribution < -0.4 is 5.73 Å². The molecule has 1 atom stereocenters. The van der Waals surface area contributed by atoms with Crippen molar-refractivity contribution in [3.05, 3.63) is 65.9 Å². The topological polar surface area (TPSA) is 68.5 Å². The Morgan fingerprint density at radius 1 is 1.32 bits per heavy atom. The van der Waals surface area contributed by atoms with Gasteiger partial charge in [0.25, 0.3) is 0 Å². The van der Waals surface area contributed by atoms with Crippen LogP contribution in [-0.4, -0.2) is 41.6 Å². The number of pyridine rings is 1. The number of rotatable bonds is 5. The van der Waals surface area contributed by atoms with Crippen molar-refractivity contribution < 1.29 is 9.53 Å². The van der Waals surface area contributed by atoms with E-state index in [-0.39, 0.29) is 12.0 Å². The minimum atomic E-state index is 0.0327. The van der Waals surface area contributed by atoms with Gasteiger partial charge in [-0.1, -0.05) is 30.3 Å². The largest absolute Gasteiger partial charge is 0.384 e. The maximum Gasteiger partial charge on any atom is 0.246 e. The summed E-state index contributed by atoms with van der Waals surface area (Å²) < 4.78 is 5.81. The number of nitrogen functional groups attached to an aromatic ring is 1. The number of anilines is 1. The lowest BCUT2D eigenvalue weighted by Crippen LogP contribution is -2.45. The summed E-state index contributed by atoms with van der Waals surface area (Å²) in [4.78, 5) is 18.3. The van der Waals surface area contributed by atoms with E-state index in [1.165, 1.54) is 0 Å². The molecule has 0 spiro atoms. The molecule has 2 heterocycles. The summed E-state index contributed by atoms with van der Waals surface area (Å²) in [6.45, 7) is 1.84. The van der Waals surface area contributed by atoms with E-state index < -0.39 is 0 Å². The second kappa shape index (κ2) is 8.44. The minimum Gasteiger partial charge on any atom is -0.384 e. The van der Waals surface area contributed by atoms with E-state index in [1.54, 1.807) is 12.3 Å². The quantitative estimate of drug-likeness (QED) is 0.851. The van der Waals surface area contributed by atoms with Gasteiger partial charge in [-0.25, -0.2) is 4.98 Å². The molecule has 5 heteroatoms. The predicted molar refractivity (Wildman–Crippen MR) is 98.8 cm³/mol. The molecule has 130 valence electrons. The number of carbonyl (C=O) groups is 1. The minimum absolute atomic E-state index is 0.0327. The Morgan fingerprint density at radius 2 is 2.16 bits per heavy atom. The number of amides is 1. The monoisotopic (exact) mass is 337 g/mol. The first kappa shape index (κ1) is 17.2. The van der Waals surface area contributed by atoms with Gasteiger partial charge in [0.2, 0.25) is 5.91 Å². The fourth-order valence-electron chi connectivity index (χ4n) is 2.91. The van der Waals surface area contributed by atoms with Gasteiger partial charge >= 0.3 is 0 Å². The Balaban J connectivity index is 1.52. The van der Waals surface area contributed by atoms with Crippen LogP contribution >= 0.6 is 0 Å². The van der Waals surface area contributed by atoms with Gasteiger partial charge in [-0.15, -0.1) is 0 Å². The van der Waals surface area contributed by atoms with Gasteiger partial charge in [-0.05, 0) is 42.2 Å². The number of carbonyl (C=O) groups excluding carboxylic acids is 1. The molecule has 2 N–H and O–H groups in total. The van der Waals surface area contributed by atoms with E-state index in [0.717, 1.165) is 24.0 Å². The van der Waals surface area contributed by atoms with Gasteiger partial charge < -0.3 is 15.4 Å². The van der Waals surface area contributed by atoms with E-state index in [1.807, 2.05) is 53.4 Å². The molecular weight excluding hydrogens is 314 g/mol. The Labute approximate surface area is 148 Å². The predicted octanol–water partition coefficient (Wildman–Crippen LogP) is 2.54. The zero-order chi connectivity index (χ0) is 17.5. The first-order valence-corrected chi connectivity index (χ1v) is 8.55. The van der Waals surface area contributed by atoms with Gasteiger partial charge in [-0.3, -0.25) is 4.79 Å². The average Bonchev–Trinajstić information content (AvgIpc) is 2.65. The van der Waals surface area contributed by atoms with Gasteiger partial charge in [0.1, 0.15) is 5.82 Å². The van der Waals surface area contributed by atoms with Crippen LogP contribution in [0.25, 0.3) is 6.08 Å². The van der Waals surface area contributed by atoms with Crippen molar-refractivity contribution in [3.8, 4) is 0 Å². The Bertz CT molecular complexity index is 731. The summed E-state index contributed by atoms with van der Waals surface area (Å²) in [6.07, 6.45) is 6.98. The highest BCUT2D eigenvalue weighted by molar-refractivity contribution is 5.91. The maximum absolute atomic E-state index is 12.4. The Kier molecular flexibility index (Phi) is 5.80. The van der Waals surface area contributed by atoms with Crippen molar-refractivity contribution >= 4 is 17.8 Å². The molecule has 0 saturated carbocycles. The van der Waals surface area contributed by atoms with Gasteiger partial charge in [-0.2, -0.15) is 0 Å². The normalized spacial score (nSPS) is 17.8. The van der Waals surface area contributed by atoms with E-state index in [9.17, 15) is 4.79 Å². The third-order valence-corrected chi connectivity index (χ3v) is 4.27. The van der Waals surface area contributed by atoms with Crippen molar-refractivity contribution in [2.45, 2.75) is 18.9 Å². The molecule has 3 rings (SSSR count). The molecule has 1 saturated heterocycles. The lowest BCUT2D eigenvalue weighted by atomic mass is 10.1. The van der Waals surface area contributed by atoms with Crippen LogP contribution in [0.2, 0.25) is 0 Å². The second-order valence-corrected chi connectivity index (χ2v) is 6.15. The van der Waals surface area contributed by atoms with E-state index in [4.69, 9.17) is 10.5 Å². The standard InChI is InChI=1S/C20H23N3O2/c21-19-14-17(10-11-22-19)6-8-18-15-23(12-13-25-18)20(24)9-7-16-4-2-1-3-5-16/h1-5,7,9-11,14,18H,6,8,12-13,15H2,(H2,21,22)/b9-7+. The maximum atomic E-state index is 12.4. The van der Waals surface area contributed by atoms with Gasteiger partial charge in [0.05, 0.1) is 12.7 Å². The average molecular weight is 337 g/mol. The van der Waals surface area contributed by atoms with Crippen LogP contribution in [-0.2, 0) is 16.0 Å². The fraction of sp³-hybridized carbons (Fsp3) is 0.300. The highest BCUT2D eigenvalue weighted by atomic mass is 16.5. The molecule has 2 aromatic rings. The highest BCUT2D eigenvalue weighted by Gasteiger charge is 2.22. The SMILES string of the molecule is Nc1cc(CCC2CN(C(=O)/C=C/c3ccccc3)CCO2)ccn1. The summed E-state index contributed by atoms with van der Waals surface area (Å²) in [5.74, 6) is 0.565. The van der Waals surface area contributed by atoms with E-state index in [2.05, 4.69) is 4.98 Å². The first-order chi connectivity index (χ1) is 12.2. The molecular formula is C20H23N3O2. The fourth-order valence-corrected chi connectivity index (χ4v) is 2.91. The second-order valence-electron chi connectivity index (χ2n) is 6.15. The number of ether oxygens (including phenoxy) is 1. The number of nitrogens with zero attached hydrogens (tertiary/aromatic N) is 2. The van der Waals surface area contributed by atoms with E-state index in [0.29, 0.717) is 25.5 Å². The molecule has 1 aliphatic heterocycles. The highest BCUT2D eigenvalue weighted by Crippen LogP contribution is 2.14. The van der Waals surface area contributed by atoms with Gasteiger partial charge in [0, 0.05) is 25.4 Å². The number of hydrogen-bond donors (Lipinski definition) is 1. The molecule has 1 aromatic heterocycles. The summed E-state index contributed by atoms with van der Waals surface area (Å²) in [6, 6.07) is 13.7. The Morgan fingerprint density at radius 3 is 2.96 bits per heavy atom. The van der Waals surface area contributed by atoms with Crippen LogP contribution in [0.5, 0.6) is 0 Å². The third kappa shape index (κ3) is 5.16. The first-order valence-electron chi connectivity index (χ1n) is 8.55. The molecule has 25 heavy (non-hydrogen) atoms. The molecule has 1 unspecified atom stereocenters. The van der Waals surface area contributed by atoms with Crippen molar-refractivity contribution in [2.24, 2.45) is 0 Å². The van der Waals surface area contributed by atoms with Crippen LogP contribution in [0.3, 0.4) is 0 Å². The molecule has 0 radical (unpaired) electrons. The smallest absolute Gasteiger partial charge is 0.246 e. The molecule has 1 aromatic carbocycles. The zero-order valence-electron chi connectivity index (χ0n) is 14.2. The summed E-state index contributed by atoms with van der Waals surface area (Å²) in [7, 11) is 0. The zero-order valence-corrected chi connectivity index (χ0v) is 14.2. The molecule has 0 bridgehead atoms. The lowest BCUT2D eigenvalue weighted by molar-refractivity contribution is -0.133. The van der Waals surface area contributed by atoms with Crippen LogP contribution in [0.1, 0.15) is 17.5 Å². The van der Waals surface area contributed by atoms with Crippen molar-refractivity contribution in [3.63, 3.8) is 0 Å². The van der Waals surface area contributed by atoms with Crippen LogP contribution in [0.4, 0.5) is 5.82 Å². The van der Waals surface area contributed by atoms with Crippen LogP contribution in [0.15, 0.2) is 54.7 Å². The number of morpholine rings is 1. The number of benzene rings is 1. The summed E-state index contributed by atoms with van der Waals surface area (Å²) >= 11 is 0. The molecule has 5 nitrogen and oxygen atoms in total. The molecule has 1 amide bonds. The summed E-state index contributed by atoms with van der Waals surface area (Å²) in [5, 5.41) is 0.